The summed E-state index contributed by atoms with van der Waals surface area (Å²) in [7, 11) is 0. The first kappa shape index (κ1) is 33.0. The van der Waals surface area contributed by atoms with Gasteiger partial charge in [-0.1, -0.05) is 54.4 Å². The van der Waals surface area contributed by atoms with Crippen LogP contribution in [-0.4, -0.2) is 83.3 Å². The van der Waals surface area contributed by atoms with E-state index >= 15 is 0 Å². The van der Waals surface area contributed by atoms with Crippen molar-refractivity contribution in [2.75, 3.05) is 51.6 Å². The van der Waals surface area contributed by atoms with Crippen LogP contribution in [0.1, 0.15) is 30.9 Å². The molecule has 0 aromatic heterocycles. The second-order valence-electron chi connectivity index (χ2n) is 11.7. The van der Waals surface area contributed by atoms with Crippen LogP contribution in [0.25, 0.3) is 11.1 Å². The van der Waals surface area contributed by atoms with E-state index < -0.39 is 6.04 Å². The number of carbonyl (C=O) groups excluding carboxylic acids is 1. The van der Waals surface area contributed by atoms with Crippen molar-refractivity contribution in [3.8, 4) is 16.9 Å². The highest BCUT2D eigenvalue weighted by Crippen LogP contribution is 2.37. The van der Waals surface area contributed by atoms with Crippen molar-refractivity contribution in [1.29, 1.82) is 0 Å². The molecule has 2 aliphatic rings. The molecule has 10 heteroatoms. The van der Waals surface area contributed by atoms with Gasteiger partial charge in [-0.2, -0.15) is 0 Å². The van der Waals surface area contributed by atoms with Gasteiger partial charge in [0.25, 0.3) is 0 Å². The van der Waals surface area contributed by atoms with Gasteiger partial charge < -0.3 is 20.6 Å². The van der Waals surface area contributed by atoms with E-state index in [0.717, 1.165) is 91.4 Å². The Morgan fingerprint density at radius 3 is 2.45 bits per heavy atom. The fraction of sp³-hybridized carbons (Fsp3) is 0.441. The summed E-state index contributed by atoms with van der Waals surface area (Å²) >= 11 is 14.4. The number of halogens is 3. The molecule has 0 saturated carbocycles. The summed E-state index contributed by atoms with van der Waals surface area (Å²) in [6, 6.07) is 15.6. The number of piperidine rings is 1. The molecule has 3 N–H and O–H groups in total. The normalized spacial score (nSPS) is 17.6. The summed E-state index contributed by atoms with van der Waals surface area (Å²) in [5, 5.41) is 11.1. The number of phenols is 1. The van der Waals surface area contributed by atoms with E-state index in [1.54, 1.807) is 30.0 Å². The number of nitrogens with two attached hydrogens (primary N) is 1. The van der Waals surface area contributed by atoms with Crippen LogP contribution in [0.2, 0.25) is 10.0 Å². The van der Waals surface area contributed by atoms with Crippen LogP contribution in [0, 0.1) is 11.7 Å². The second kappa shape index (κ2) is 15.3. The molecule has 2 saturated heterocycles. The molecule has 0 bridgehead atoms. The maximum atomic E-state index is 13.8. The standard InChI is InChI=1S/C34H41Cl2FN4O2S/c1-2-44-31-21-27(37)8-6-25(31)22-40-16-18-41(19-17-40)34(43)33(38)23-10-13-39(14-11-23)15-12-24-20-26(35)7-9-28(24)29-4-3-5-30(42)32(29)36/h3-9,20-21,23,33,42H,2,10-19,22,38H2,1H3. The molecule has 44 heavy (non-hydrogen) atoms. The molecule has 1 amide bonds. The Morgan fingerprint density at radius 1 is 0.977 bits per heavy atom. The van der Waals surface area contributed by atoms with Gasteiger partial charge in [-0.3, -0.25) is 9.69 Å². The SMILES string of the molecule is CCSc1cc(F)ccc1CN1CCN(C(=O)C(N)C2CCN(CCc3cc(Cl)ccc3-c3cccc(O)c3Cl)CC2)CC1. The highest BCUT2D eigenvalue weighted by atomic mass is 35.5. The van der Waals surface area contributed by atoms with Crippen LogP contribution >= 0.6 is 35.0 Å². The third-order valence-electron chi connectivity index (χ3n) is 8.87. The number of aromatic hydroxyl groups is 1. The molecular formula is C34H41Cl2FN4O2S. The summed E-state index contributed by atoms with van der Waals surface area (Å²) < 4.78 is 13.8. The van der Waals surface area contributed by atoms with Gasteiger partial charge in [-0.05, 0) is 91.0 Å². The molecule has 0 spiro atoms. The Hall–Kier alpha value is -2.33. The van der Waals surface area contributed by atoms with Gasteiger partial charge in [-0.25, -0.2) is 4.39 Å². The predicted molar refractivity (Wildman–Crippen MR) is 179 cm³/mol. The van der Waals surface area contributed by atoms with Crippen LogP contribution < -0.4 is 5.73 Å². The first-order valence-corrected chi connectivity index (χ1v) is 17.1. The molecule has 2 fully saturated rings. The van der Waals surface area contributed by atoms with Crippen molar-refractivity contribution in [2.45, 2.75) is 43.7 Å². The van der Waals surface area contributed by atoms with Gasteiger partial charge in [0, 0.05) is 54.8 Å². The Bertz CT molecular complexity index is 1440. The summed E-state index contributed by atoms with van der Waals surface area (Å²) in [5.41, 5.74) is 10.6. The van der Waals surface area contributed by atoms with Crippen LogP contribution in [-0.2, 0) is 17.8 Å². The lowest BCUT2D eigenvalue weighted by molar-refractivity contribution is -0.136. The zero-order chi connectivity index (χ0) is 31.2. The quantitative estimate of drug-likeness (QED) is 0.241. The fourth-order valence-corrected chi connectivity index (χ4v) is 7.55. The first-order chi connectivity index (χ1) is 21.2. The lowest BCUT2D eigenvalue weighted by Crippen LogP contribution is -2.55. The van der Waals surface area contributed by atoms with Crippen molar-refractivity contribution in [2.24, 2.45) is 11.7 Å². The molecule has 1 unspecified atom stereocenters. The van der Waals surface area contributed by atoms with E-state index in [0.29, 0.717) is 23.1 Å². The van der Waals surface area contributed by atoms with E-state index in [1.807, 2.05) is 35.2 Å². The zero-order valence-corrected chi connectivity index (χ0v) is 27.5. The molecule has 3 aromatic carbocycles. The number of nitrogens with zero attached hydrogens (tertiary/aromatic N) is 3. The number of amides is 1. The lowest BCUT2D eigenvalue weighted by Gasteiger charge is -2.39. The number of rotatable bonds is 10. The maximum Gasteiger partial charge on any atom is 0.239 e. The van der Waals surface area contributed by atoms with Crippen LogP contribution in [0.3, 0.4) is 0 Å². The molecule has 0 aliphatic carbocycles. The van der Waals surface area contributed by atoms with Gasteiger partial charge in [0.15, 0.2) is 0 Å². The van der Waals surface area contributed by atoms with Crippen LogP contribution in [0.15, 0.2) is 59.5 Å². The summed E-state index contributed by atoms with van der Waals surface area (Å²) in [6.45, 7) is 8.34. The maximum absolute atomic E-state index is 13.8. The molecule has 2 heterocycles. The second-order valence-corrected chi connectivity index (χ2v) is 13.8. The number of hydrogen-bond donors (Lipinski definition) is 2. The molecule has 5 rings (SSSR count). The third kappa shape index (κ3) is 8.08. The number of phenolic OH excluding ortho intramolecular Hbond substituents is 1. The Morgan fingerprint density at radius 2 is 1.73 bits per heavy atom. The summed E-state index contributed by atoms with van der Waals surface area (Å²) in [4.78, 5) is 21.0. The number of carbonyl (C=O) groups is 1. The molecule has 6 nitrogen and oxygen atoms in total. The highest BCUT2D eigenvalue weighted by molar-refractivity contribution is 7.99. The van der Waals surface area contributed by atoms with Crippen molar-refractivity contribution in [3.63, 3.8) is 0 Å². The number of hydrogen-bond acceptors (Lipinski definition) is 6. The van der Waals surface area contributed by atoms with E-state index in [1.165, 1.54) is 6.07 Å². The molecule has 1 atom stereocenters. The van der Waals surface area contributed by atoms with Crippen molar-refractivity contribution < 1.29 is 14.3 Å². The topological polar surface area (TPSA) is 73.0 Å². The molecule has 0 radical (unpaired) electrons. The molecule has 2 aliphatic heterocycles. The van der Waals surface area contributed by atoms with Crippen LogP contribution in [0.5, 0.6) is 5.75 Å². The van der Waals surface area contributed by atoms with Gasteiger partial charge in [0.05, 0.1) is 11.1 Å². The minimum Gasteiger partial charge on any atom is -0.506 e. The lowest BCUT2D eigenvalue weighted by atomic mass is 9.88. The monoisotopic (exact) mass is 658 g/mol. The predicted octanol–water partition coefficient (Wildman–Crippen LogP) is 6.54. The Kier molecular flexibility index (Phi) is 11.5. The van der Waals surface area contributed by atoms with E-state index in [4.69, 9.17) is 28.9 Å². The highest BCUT2D eigenvalue weighted by Gasteiger charge is 2.33. The van der Waals surface area contributed by atoms with Crippen LogP contribution in [0.4, 0.5) is 4.39 Å². The van der Waals surface area contributed by atoms with Crippen molar-refractivity contribution in [3.05, 3.63) is 81.6 Å². The van der Waals surface area contributed by atoms with E-state index in [9.17, 15) is 14.3 Å². The fourth-order valence-electron chi connectivity index (χ4n) is 6.30. The number of benzene rings is 3. The molecule has 236 valence electrons. The zero-order valence-electron chi connectivity index (χ0n) is 25.2. The van der Waals surface area contributed by atoms with Gasteiger partial charge >= 0.3 is 0 Å². The Balaban J connectivity index is 1.09. The molecular weight excluding hydrogens is 618 g/mol. The third-order valence-corrected chi connectivity index (χ3v) is 10.5. The minimum absolute atomic E-state index is 0.0543. The number of thioether (sulfide) groups is 1. The largest absolute Gasteiger partial charge is 0.506 e. The minimum atomic E-state index is -0.485. The average Bonchev–Trinajstić information content (AvgIpc) is 3.03. The van der Waals surface area contributed by atoms with E-state index in [-0.39, 0.29) is 23.4 Å². The number of piperazine rings is 1. The van der Waals surface area contributed by atoms with Crippen molar-refractivity contribution >= 4 is 40.9 Å². The molecule has 3 aromatic rings. The first-order valence-electron chi connectivity index (χ1n) is 15.4. The van der Waals surface area contributed by atoms with E-state index in [2.05, 4.69) is 16.7 Å². The van der Waals surface area contributed by atoms with Gasteiger partial charge in [0.2, 0.25) is 5.91 Å². The average molecular weight is 660 g/mol. The van der Waals surface area contributed by atoms with Gasteiger partial charge in [0.1, 0.15) is 11.6 Å². The number of likely N-dealkylation sites (tertiary alicyclic amines) is 1. The van der Waals surface area contributed by atoms with Crippen molar-refractivity contribution in [1.82, 2.24) is 14.7 Å². The summed E-state index contributed by atoms with van der Waals surface area (Å²) in [5.74, 6) is 0.973. The smallest absolute Gasteiger partial charge is 0.239 e. The summed E-state index contributed by atoms with van der Waals surface area (Å²) in [6.07, 6.45) is 2.56. The van der Waals surface area contributed by atoms with Gasteiger partial charge in [-0.15, -0.1) is 11.8 Å². The Labute approximate surface area is 274 Å².